The zero-order valence-corrected chi connectivity index (χ0v) is 10.5. The van der Waals surface area contributed by atoms with Crippen LogP contribution in [0.4, 0.5) is 0 Å². The van der Waals surface area contributed by atoms with Gasteiger partial charge in [0.05, 0.1) is 12.6 Å². The summed E-state index contributed by atoms with van der Waals surface area (Å²) in [6.45, 7) is 11.7. The van der Waals surface area contributed by atoms with Crippen molar-refractivity contribution in [3.63, 3.8) is 0 Å². The molecule has 0 aromatic heterocycles. The zero-order chi connectivity index (χ0) is 11.4. The molecule has 0 unspecified atom stereocenters. The molecule has 0 aliphatic carbocycles. The van der Waals surface area contributed by atoms with Gasteiger partial charge in [-0.05, 0) is 45.8 Å². The van der Waals surface area contributed by atoms with Crippen LogP contribution in [-0.4, -0.2) is 43.6 Å². The minimum atomic E-state index is 0.779. The van der Waals surface area contributed by atoms with Crippen molar-refractivity contribution in [2.75, 3.05) is 32.7 Å². The molecule has 3 nitrogen and oxygen atoms in total. The summed E-state index contributed by atoms with van der Waals surface area (Å²) < 4.78 is 0. The van der Waals surface area contributed by atoms with Crippen LogP contribution in [0.1, 0.15) is 40.0 Å². The number of hydrogen-bond donors (Lipinski definition) is 0. The maximum absolute atomic E-state index is 4.11. The number of nitrogens with zero attached hydrogens (tertiary/aromatic N) is 3. The van der Waals surface area contributed by atoms with E-state index in [0.717, 1.165) is 26.1 Å². The fourth-order valence-electron chi connectivity index (χ4n) is 1.51. The Balaban J connectivity index is 3.56. The van der Waals surface area contributed by atoms with E-state index in [1.807, 2.05) is 6.92 Å². The lowest BCUT2D eigenvalue weighted by atomic mass is 10.3. The molecular formula is C12H25N3. The second-order valence-corrected chi connectivity index (χ2v) is 3.65. The van der Waals surface area contributed by atoms with Gasteiger partial charge in [0.25, 0.3) is 0 Å². The van der Waals surface area contributed by atoms with Crippen molar-refractivity contribution in [2.45, 2.75) is 40.0 Å². The van der Waals surface area contributed by atoms with Crippen molar-refractivity contribution in [3.8, 4) is 0 Å². The molecule has 0 aromatic carbocycles. The van der Waals surface area contributed by atoms with Gasteiger partial charge < -0.3 is 4.90 Å². The third-order valence-electron chi connectivity index (χ3n) is 2.12. The van der Waals surface area contributed by atoms with Crippen LogP contribution in [0, 0.1) is 0 Å². The molecule has 0 heterocycles. The minimum Gasteiger partial charge on any atom is -0.303 e. The van der Waals surface area contributed by atoms with Crippen molar-refractivity contribution in [2.24, 2.45) is 9.98 Å². The first-order valence-electron chi connectivity index (χ1n) is 6.15. The summed E-state index contributed by atoms with van der Waals surface area (Å²) in [4.78, 5) is 10.5. The standard InChI is InChI=1S/C12H25N3/c1-4-9-15(10-5-2)11-7-8-14-12-13-6-3/h4-11H2,1-3H3. The van der Waals surface area contributed by atoms with Gasteiger partial charge in [-0.3, -0.25) is 0 Å². The molecule has 0 fully saturated rings. The van der Waals surface area contributed by atoms with Crippen LogP contribution in [0.15, 0.2) is 9.98 Å². The molecule has 88 valence electrons. The van der Waals surface area contributed by atoms with Gasteiger partial charge in [-0.15, -0.1) is 0 Å². The average Bonchev–Trinajstić information content (AvgIpc) is 2.24. The second-order valence-electron chi connectivity index (χ2n) is 3.65. The monoisotopic (exact) mass is 211 g/mol. The molecule has 3 heteroatoms. The molecule has 15 heavy (non-hydrogen) atoms. The lowest BCUT2D eigenvalue weighted by Crippen LogP contribution is -2.26. The van der Waals surface area contributed by atoms with Gasteiger partial charge in [0.15, 0.2) is 0 Å². The van der Waals surface area contributed by atoms with Crippen molar-refractivity contribution < 1.29 is 0 Å². The third kappa shape index (κ3) is 9.64. The normalized spacial score (nSPS) is 10.1. The molecule has 0 spiro atoms. The van der Waals surface area contributed by atoms with Gasteiger partial charge in [0, 0.05) is 6.54 Å². The number of rotatable bonds is 9. The summed E-state index contributed by atoms with van der Waals surface area (Å²) >= 11 is 0. The summed E-state index contributed by atoms with van der Waals surface area (Å²) in [5, 5.41) is 0. The summed E-state index contributed by atoms with van der Waals surface area (Å²) in [5.41, 5.74) is 0. The number of aliphatic imine (C=N–C) groups is 2. The predicted octanol–water partition coefficient (Wildman–Crippen LogP) is 2.69. The largest absolute Gasteiger partial charge is 0.303 e. The Kier molecular flexibility index (Phi) is 10.9. The van der Waals surface area contributed by atoms with E-state index in [-0.39, 0.29) is 0 Å². The minimum absolute atomic E-state index is 0.779. The maximum atomic E-state index is 4.11. The van der Waals surface area contributed by atoms with Crippen molar-refractivity contribution in [1.82, 2.24) is 4.90 Å². The van der Waals surface area contributed by atoms with Gasteiger partial charge in [0.2, 0.25) is 0 Å². The Labute approximate surface area is 94.3 Å². The Morgan fingerprint density at radius 3 is 2.13 bits per heavy atom. The molecule has 0 radical (unpaired) electrons. The highest BCUT2D eigenvalue weighted by Gasteiger charge is 2.00. The van der Waals surface area contributed by atoms with Crippen LogP contribution < -0.4 is 0 Å². The van der Waals surface area contributed by atoms with E-state index >= 15 is 0 Å². The van der Waals surface area contributed by atoms with Crippen LogP contribution in [0.2, 0.25) is 0 Å². The first-order chi connectivity index (χ1) is 7.35. The fourth-order valence-corrected chi connectivity index (χ4v) is 1.51. The van der Waals surface area contributed by atoms with E-state index in [9.17, 15) is 0 Å². The smallest absolute Gasteiger partial charge is 0.0892 e. The molecule has 0 amide bonds. The van der Waals surface area contributed by atoms with Crippen LogP contribution in [0.25, 0.3) is 0 Å². The van der Waals surface area contributed by atoms with E-state index < -0.39 is 0 Å². The molecule has 0 aliphatic heterocycles. The number of hydrogen-bond acceptors (Lipinski definition) is 3. The molecule has 0 rings (SSSR count). The highest BCUT2D eigenvalue weighted by molar-refractivity contribution is 5.40. The molecule has 0 N–H and O–H groups in total. The highest BCUT2D eigenvalue weighted by atomic mass is 15.1. The molecule has 0 saturated carbocycles. The van der Waals surface area contributed by atoms with Crippen molar-refractivity contribution >= 4 is 6.01 Å². The predicted molar refractivity (Wildman–Crippen MR) is 66.9 cm³/mol. The highest BCUT2D eigenvalue weighted by Crippen LogP contribution is 1.96. The average molecular weight is 211 g/mol. The topological polar surface area (TPSA) is 28.0 Å². The van der Waals surface area contributed by atoms with Crippen LogP contribution in [-0.2, 0) is 0 Å². The summed E-state index contributed by atoms with van der Waals surface area (Å²) in [5.74, 6) is 0. The van der Waals surface area contributed by atoms with Crippen molar-refractivity contribution in [1.29, 1.82) is 0 Å². The third-order valence-corrected chi connectivity index (χ3v) is 2.12. The van der Waals surface area contributed by atoms with E-state index in [1.54, 1.807) is 0 Å². The van der Waals surface area contributed by atoms with Gasteiger partial charge in [-0.2, -0.15) is 0 Å². The molecular weight excluding hydrogens is 186 g/mol. The lowest BCUT2D eigenvalue weighted by Gasteiger charge is -2.19. The quantitative estimate of drug-likeness (QED) is 0.425. The Bertz CT molecular complexity index is 177. The SMILES string of the molecule is CCCN(CCC)CCCN=C=NCC. The Hall–Kier alpha value is -0.660. The zero-order valence-electron chi connectivity index (χ0n) is 10.5. The van der Waals surface area contributed by atoms with Gasteiger partial charge in [-0.1, -0.05) is 13.8 Å². The van der Waals surface area contributed by atoms with Gasteiger partial charge >= 0.3 is 0 Å². The lowest BCUT2D eigenvalue weighted by molar-refractivity contribution is 0.273. The van der Waals surface area contributed by atoms with E-state index in [2.05, 4.69) is 34.7 Å². The molecule has 0 aliphatic rings. The van der Waals surface area contributed by atoms with Crippen LogP contribution >= 0.6 is 0 Å². The summed E-state index contributed by atoms with van der Waals surface area (Å²) in [7, 11) is 0. The first-order valence-corrected chi connectivity index (χ1v) is 6.15. The van der Waals surface area contributed by atoms with Gasteiger partial charge in [-0.25, -0.2) is 9.98 Å². The molecule has 0 bridgehead atoms. The van der Waals surface area contributed by atoms with Gasteiger partial charge in [0.1, 0.15) is 0 Å². The first kappa shape index (κ1) is 14.3. The molecule has 0 aromatic rings. The summed E-state index contributed by atoms with van der Waals surface area (Å²) in [6, 6.07) is 2.70. The Morgan fingerprint density at radius 2 is 1.60 bits per heavy atom. The maximum Gasteiger partial charge on any atom is 0.0892 e. The summed E-state index contributed by atoms with van der Waals surface area (Å²) in [6.07, 6.45) is 3.59. The fraction of sp³-hybridized carbons (Fsp3) is 0.917. The van der Waals surface area contributed by atoms with E-state index in [1.165, 1.54) is 25.9 Å². The van der Waals surface area contributed by atoms with E-state index in [4.69, 9.17) is 0 Å². The van der Waals surface area contributed by atoms with Crippen LogP contribution in [0.5, 0.6) is 0 Å². The Morgan fingerprint density at radius 1 is 0.933 bits per heavy atom. The van der Waals surface area contributed by atoms with E-state index in [0.29, 0.717) is 0 Å². The molecule has 0 atom stereocenters. The second kappa shape index (κ2) is 11.4. The molecule has 0 saturated heterocycles. The van der Waals surface area contributed by atoms with Crippen LogP contribution in [0.3, 0.4) is 0 Å². The van der Waals surface area contributed by atoms with Crippen molar-refractivity contribution in [3.05, 3.63) is 0 Å².